The second-order valence-corrected chi connectivity index (χ2v) is 13.3. The minimum Gasteiger partial charge on any atom is -0.310 e. The van der Waals surface area contributed by atoms with Crippen molar-refractivity contribution in [2.24, 2.45) is 0 Å². The van der Waals surface area contributed by atoms with E-state index < -0.39 is 0 Å². The molecule has 0 radical (unpaired) electrons. The lowest BCUT2D eigenvalue weighted by molar-refractivity contribution is 0.666. The van der Waals surface area contributed by atoms with Crippen LogP contribution in [0, 0.1) is 0 Å². The van der Waals surface area contributed by atoms with Crippen LogP contribution in [0.15, 0.2) is 176 Å². The molecule has 0 N–H and O–H groups in total. The fourth-order valence-electron chi connectivity index (χ4n) is 8.02. The number of benzene rings is 8. The minimum absolute atomic E-state index is 0.109. The lowest BCUT2D eigenvalue weighted by Gasteiger charge is -2.29. The molecule has 0 unspecified atom stereocenters. The SMILES string of the molecule is CC1(C)c2ccccc2-c2c1c1ccc(N(c3ccc(-c4ccccc4)cc3)c3ccccc3-c3ccccc3)cc1c1ccccc21. The quantitative estimate of drug-likeness (QED) is 0.175. The second kappa shape index (κ2) is 11.1. The molecule has 1 aliphatic rings. The molecule has 228 valence electrons. The van der Waals surface area contributed by atoms with Crippen molar-refractivity contribution in [1.82, 2.24) is 0 Å². The highest BCUT2D eigenvalue weighted by atomic mass is 15.1. The van der Waals surface area contributed by atoms with Crippen LogP contribution in [0.25, 0.3) is 54.9 Å². The molecule has 9 rings (SSSR count). The Labute approximate surface area is 282 Å². The molecule has 0 saturated carbocycles. The number of rotatable bonds is 5. The molecular formula is C47H35N. The third kappa shape index (κ3) is 4.39. The third-order valence-corrected chi connectivity index (χ3v) is 10.2. The molecule has 1 heteroatoms. The summed E-state index contributed by atoms with van der Waals surface area (Å²) in [6.45, 7) is 4.77. The summed E-state index contributed by atoms with van der Waals surface area (Å²) in [7, 11) is 0. The Hall–Kier alpha value is -5.92. The topological polar surface area (TPSA) is 3.24 Å². The van der Waals surface area contributed by atoms with Gasteiger partial charge in [-0.2, -0.15) is 0 Å². The van der Waals surface area contributed by atoms with Gasteiger partial charge in [-0.1, -0.05) is 159 Å². The summed E-state index contributed by atoms with van der Waals surface area (Å²) in [5.41, 5.74) is 13.7. The van der Waals surface area contributed by atoms with Crippen molar-refractivity contribution in [1.29, 1.82) is 0 Å². The van der Waals surface area contributed by atoms with Gasteiger partial charge in [-0.25, -0.2) is 0 Å². The van der Waals surface area contributed by atoms with E-state index in [0.29, 0.717) is 0 Å². The number of hydrogen-bond acceptors (Lipinski definition) is 1. The first kappa shape index (κ1) is 28.3. The van der Waals surface area contributed by atoms with E-state index in [4.69, 9.17) is 0 Å². The van der Waals surface area contributed by atoms with E-state index in [1.807, 2.05) is 0 Å². The minimum atomic E-state index is -0.109. The maximum Gasteiger partial charge on any atom is 0.0540 e. The Morgan fingerprint density at radius 2 is 0.958 bits per heavy atom. The summed E-state index contributed by atoms with van der Waals surface area (Å²) >= 11 is 0. The van der Waals surface area contributed by atoms with Crippen LogP contribution in [0.3, 0.4) is 0 Å². The Kier molecular flexibility index (Phi) is 6.55. The highest BCUT2D eigenvalue weighted by Gasteiger charge is 2.38. The number of fused-ring (bicyclic) bond motifs is 8. The predicted octanol–water partition coefficient (Wildman–Crippen LogP) is 13.1. The Morgan fingerprint density at radius 3 is 1.71 bits per heavy atom. The predicted molar refractivity (Wildman–Crippen MR) is 205 cm³/mol. The maximum absolute atomic E-state index is 2.43. The van der Waals surface area contributed by atoms with Crippen LogP contribution < -0.4 is 4.90 Å². The normalized spacial score (nSPS) is 13.0. The molecule has 0 fully saturated rings. The van der Waals surface area contributed by atoms with Gasteiger partial charge in [0.2, 0.25) is 0 Å². The summed E-state index contributed by atoms with van der Waals surface area (Å²) in [6, 6.07) is 64.2. The molecule has 0 atom stereocenters. The zero-order valence-corrected chi connectivity index (χ0v) is 27.2. The average Bonchev–Trinajstić information content (AvgIpc) is 3.40. The van der Waals surface area contributed by atoms with E-state index in [1.54, 1.807) is 0 Å². The third-order valence-electron chi connectivity index (χ3n) is 10.2. The van der Waals surface area contributed by atoms with E-state index in [9.17, 15) is 0 Å². The fourth-order valence-corrected chi connectivity index (χ4v) is 8.02. The Balaban J connectivity index is 1.30. The lowest BCUT2D eigenvalue weighted by Crippen LogP contribution is -2.16. The summed E-state index contributed by atoms with van der Waals surface area (Å²) in [5.74, 6) is 0. The molecule has 8 aromatic rings. The summed E-state index contributed by atoms with van der Waals surface area (Å²) in [5, 5.41) is 5.21. The van der Waals surface area contributed by atoms with Crippen molar-refractivity contribution >= 4 is 38.6 Å². The van der Waals surface area contributed by atoms with Crippen LogP contribution in [0.1, 0.15) is 25.0 Å². The first-order valence-corrected chi connectivity index (χ1v) is 16.8. The number of nitrogens with zero attached hydrogens (tertiary/aromatic N) is 1. The molecule has 48 heavy (non-hydrogen) atoms. The van der Waals surface area contributed by atoms with E-state index in [-0.39, 0.29) is 5.41 Å². The molecule has 0 amide bonds. The Bertz CT molecular complexity index is 2460. The highest BCUT2D eigenvalue weighted by molar-refractivity contribution is 6.19. The van der Waals surface area contributed by atoms with E-state index >= 15 is 0 Å². The summed E-state index contributed by atoms with van der Waals surface area (Å²) in [6.07, 6.45) is 0. The molecular weight excluding hydrogens is 579 g/mol. The van der Waals surface area contributed by atoms with Gasteiger partial charge in [0.05, 0.1) is 5.69 Å². The number of hydrogen-bond donors (Lipinski definition) is 0. The van der Waals surface area contributed by atoms with Crippen LogP contribution in [0.4, 0.5) is 17.1 Å². The smallest absolute Gasteiger partial charge is 0.0540 e. The van der Waals surface area contributed by atoms with Gasteiger partial charge in [-0.3, -0.25) is 0 Å². The zero-order chi connectivity index (χ0) is 32.2. The van der Waals surface area contributed by atoms with Crippen LogP contribution in [0.2, 0.25) is 0 Å². The van der Waals surface area contributed by atoms with Gasteiger partial charge >= 0.3 is 0 Å². The van der Waals surface area contributed by atoms with Crippen LogP contribution in [0.5, 0.6) is 0 Å². The van der Waals surface area contributed by atoms with Crippen molar-refractivity contribution in [3.63, 3.8) is 0 Å². The molecule has 1 aliphatic carbocycles. The van der Waals surface area contributed by atoms with Gasteiger partial charge in [-0.05, 0) is 90.8 Å². The summed E-state index contributed by atoms with van der Waals surface area (Å²) < 4.78 is 0. The van der Waals surface area contributed by atoms with Crippen molar-refractivity contribution in [2.75, 3.05) is 4.90 Å². The van der Waals surface area contributed by atoms with Gasteiger partial charge < -0.3 is 4.90 Å². The van der Waals surface area contributed by atoms with Crippen LogP contribution >= 0.6 is 0 Å². The maximum atomic E-state index is 2.43. The Morgan fingerprint density at radius 1 is 0.396 bits per heavy atom. The first-order chi connectivity index (χ1) is 23.6. The molecule has 0 heterocycles. The zero-order valence-electron chi connectivity index (χ0n) is 27.2. The van der Waals surface area contributed by atoms with E-state index in [1.165, 1.54) is 66.1 Å². The van der Waals surface area contributed by atoms with E-state index in [2.05, 4.69) is 195 Å². The van der Waals surface area contributed by atoms with Crippen LogP contribution in [-0.2, 0) is 5.41 Å². The van der Waals surface area contributed by atoms with E-state index in [0.717, 1.165) is 17.1 Å². The average molecular weight is 614 g/mol. The van der Waals surface area contributed by atoms with Gasteiger partial charge in [0.25, 0.3) is 0 Å². The van der Waals surface area contributed by atoms with Crippen molar-refractivity contribution in [3.8, 4) is 33.4 Å². The first-order valence-electron chi connectivity index (χ1n) is 16.8. The number of para-hydroxylation sites is 1. The van der Waals surface area contributed by atoms with Crippen molar-refractivity contribution in [3.05, 3.63) is 187 Å². The summed E-state index contributed by atoms with van der Waals surface area (Å²) in [4.78, 5) is 2.43. The lowest BCUT2D eigenvalue weighted by atomic mass is 9.79. The molecule has 1 nitrogen and oxygen atoms in total. The van der Waals surface area contributed by atoms with Gasteiger partial charge in [0, 0.05) is 22.4 Å². The second-order valence-electron chi connectivity index (χ2n) is 13.3. The molecule has 0 aliphatic heterocycles. The molecule has 0 saturated heterocycles. The molecule has 0 bridgehead atoms. The fraction of sp³-hybridized carbons (Fsp3) is 0.0638. The highest BCUT2D eigenvalue weighted by Crippen LogP contribution is 2.55. The molecule has 8 aromatic carbocycles. The van der Waals surface area contributed by atoms with Crippen LogP contribution in [-0.4, -0.2) is 0 Å². The van der Waals surface area contributed by atoms with Crippen molar-refractivity contribution < 1.29 is 0 Å². The van der Waals surface area contributed by atoms with Gasteiger partial charge in [0.1, 0.15) is 0 Å². The largest absolute Gasteiger partial charge is 0.310 e. The van der Waals surface area contributed by atoms with Crippen molar-refractivity contribution in [2.45, 2.75) is 19.3 Å². The van der Waals surface area contributed by atoms with Gasteiger partial charge in [0.15, 0.2) is 0 Å². The molecule has 0 aromatic heterocycles. The number of anilines is 3. The standard InChI is InChI=1S/C47H35N/c1-47(2)43-23-13-11-22-41(43)45-39-21-10-9-20-38(39)42-31-36(29-30-40(42)46(45)47)48(35-27-25-33(26-28-35)32-15-5-3-6-16-32)44-24-14-12-19-37(44)34-17-7-4-8-18-34/h3-31H,1-2H3. The van der Waals surface area contributed by atoms with Gasteiger partial charge in [-0.15, -0.1) is 0 Å². The molecule has 0 spiro atoms. The monoisotopic (exact) mass is 613 g/mol.